The van der Waals surface area contributed by atoms with E-state index in [1.54, 1.807) is 30.3 Å². The first kappa shape index (κ1) is 22.1. The van der Waals surface area contributed by atoms with Crippen molar-refractivity contribution in [1.82, 2.24) is 10.0 Å². The van der Waals surface area contributed by atoms with Crippen LogP contribution in [0.3, 0.4) is 0 Å². The van der Waals surface area contributed by atoms with E-state index in [0.717, 1.165) is 22.2 Å². The van der Waals surface area contributed by atoms with E-state index < -0.39 is 46.8 Å². The third kappa shape index (κ3) is 4.05. The molecule has 1 aliphatic heterocycles. The quantitative estimate of drug-likeness (QED) is 0.221. The second-order valence-corrected chi connectivity index (χ2v) is 8.10. The first-order valence-electron chi connectivity index (χ1n) is 10.5. The zero-order chi connectivity index (χ0) is 23.7. The Morgan fingerprint density at radius 2 is 1.70 bits per heavy atom. The van der Waals surface area contributed by atoms with Gasteiger partial charge in [-0.2, -0.15) is 5.01 Å². The number of Topliss-reactive ketones (excluding diaryl/α,β-unsaturated/α-hetero) is 1. The van der Waals surface area contributed by atoms with Gasteiger partial charge in [-0.3, -0.25) is 29.3 Å². The van der Waals surface area contributed by atoms with Crippen LogP contribution in [0.2, 0.25) is 0 Å². The molecule has 1 heterocycles. The van der Waals surface area contributed by atoms with Crippen molar-refractivity contribution in [2.75, 3.05) is 6.54 Å². The average Bonchev–Trinajstić information content (AvgIpc) is 3.08. The number of imide groups is 1. The van der Waals surface area contributed by atoms with Gasteiger partial charge in [0.2, 0.25) is 0 Å². The van der Waals surface area contributed by atoms with Crippen molar-refractivity contribution in [1.29, 1.82) is 0 Å². The molecule has 1 aliphatic carbocycles. The monoisotopic (exact) mass is 447 g/mol. The summed E-state index contributed by atoms with van der Waals surface area (Å²) in [7, 11) is 0. The van der Waals surface area contributed by atoms with Gasteiger partial charge in [-0.1, -0.05) is 49.4 Å². The Morgan fingerprint density at radius 1 is 1.03 bits per heavy atom. The molecule has 4 rings (SSSR count). The minimum Gasteiger partial charge on any atom is -0.292 e. The van der Waals surface area contributed by atoms with Gasteiger partial charge < -0.3 is 0 Å². The Kier molecular flexibility index (Phi) is 5.87. The molecule has 9 heteroatoms. The SMILES string of the molecule is C[C@@H]1C=CC[C@@H]2C(=O)N(N(CC(=O)c3ccccc3)C(=O)c3ccc([N+](=O)[O-])cc3)C(=O)[C@H]12. The van der Waals surface area contributed by atoms with E-state index in [-0.39, 0.29) is 17.2 Å². The number of nitro benzene ring substituents is 1. The van der Waals surface area contributed by atoms with Crippen LogP contribution in [0.1, 0.15) is 34.1 Å². The number of carbonyl (C=O) groups excluding carboxylic acids is 4. The van der Waals surface area contributed by atoms with Crippen molar-refractivity contribution in [2.45, 2.75) is 13.3 Å². The molecule has 9 nitrogen and oxygen atoms in total. The second kappa shape index (κ2) is 8.78. The van der Waals surface area contributed by atoms with Crippen LogP contribution >= 0.6 is 0 Å². The molecule has 0 N–H and O–H groups in total. The van der Waals surface area contributed by atoms with Gasteiger partial charge in [-0.15, -0.1) is 0 Å². The topological polar surface area (TPSA) is 118 Å². The lowest BCUT2D eigenvalue weighted by Crippen LogP contribution is -2.52. The third-order valence-corrected chi connectivity index (χ3v) is 6.04. The first-order valence-corrected chi connectivity index (χ1v) is 10.5. The molecule has 2 aromatic carbocycles. The Labute approximate surface area is 189 Å². The lowest BCUT2D eigenvalue weighted by Gasteiger charge is -2.30. The molecular formula is C24H21N3O6. The summed E-state index contributed by atoms with van der Waals surface area (Å²) in [6, 6.07) is 13.0. The maximum Gasteiger partial charge on any atom is 0.273 e. The number of allylic oxidation sites excluding steroid dienone is 2. The summed E-state index contributed by atoms with van der Waals surface area (Å²) in [6.07, 6.45) is 4.09. The van der Waals surface area contributed by atoms with Crippen LogP contribution in [0, 0.1) is 27.9 Å². The van der Waals surface area contributed by atoms with E-state index in [0.29, 0.717) is 12.0 Å². The highest BCUT2D eigenvalue weighted by atomic mass is 16.6. The lowest BCUT2D eigenvalue weighted by atomic mass is 9.78. The van der Waals surface area contributed by atoms with Crippen LogP contribution in [0.5, 0.6) is 0 Å². The molecule has 0 radical (unpaired) electrons. The number of hydrogen-bond donors (Lipinski definition) is 0. The van der Waals surface area contributed by atoms with Gasteiger partial charge in [0.25, 0.3) is 23.4 Å². The number of nitro groups is 1. The minimum atomic E-state index is -0.768. The van der Waals surface area contributed by atoms with E-state index in [4.69, 9.17) is 0 Å². The van der Waals surface area contributed by atoms with E-state index in [1.807, 2.05) is 19.1 Å². The predicted octanol–water partition coefficient (Wildman–Crippen LogP) is 3.03. The molecule has 33 heavy (non-hydrogen) atoms. The number of non-ortho nitro benzene ring substituents is 1. The first-order chi connectivity index (χ1) is 15.8. The van der Waals surface area contributed by atoms with Crippen LogP contribution in [0.15, 0.2) is 66.7 Å². The summed E-state index contributed by atoms with van der Waals surface area (Å²) >= 11 is 0. The molecule has 1 fully saturated rings. The number of fused-ring (bicyclic) bond motifs is 1. The van der Waals surface area contributed by atoms with Gasteiger partial charge in [0.05, 0.1) is 16.8 Å². The van der Waals surface area contributed by atoms with Crippen LogP contribution in [0.4, 0.5) is 5.69 Å². The fourth-order valence-electron chi connectivity index (χ4n) is 4.33. The van der Waals surface area contributed by atoms with Gasteiger partial charge in [-0.25, -0.2) is 5.01 Å². The smallest absolute Gasteiger partial charge is 0.273 e. The molecule has 0 unspecified atom stereocenters. The van der Waals surface area contributed by atoms with Gasteiger partial charge in [0.1, 0.15) is 6.54 Å². The van der Waals surface area contributed by atoms with E-state index in [9.17, 15) is 29.3 Å². The zero-order valence-corrected chi connectivity index (χ0v) is 17.8. The number of carbonyl (C=O) groups is 4. The summed E-state index contributed by atoms with van der Waals surface area (Å²) in [5.74, 6) is -3.68. The molecule has 0 saturated carbocycles. The predicted molar refractivity (Wildman–Crippen MR) is 117 cm³/mol. The summed E-state index contributed by atoms with van der Waals surface area (Å²) in [4.78, 5) is 63.2. The summed E-state index contributed by atoms with van der Waals surface area (Å²) in [5, 5.41) is 12.6. The van der Waals surface area contributed by atoms with Crippen LogP contribution in [-0.4, -0.2) is 45.0 Å². The number of rotatable bonds is 6. The fraction of sp³-hybridized carbons (Fsp3) is 0.250. The summed E-state index contributed by atoms with van der Waals surface area (Å²) < 4.78 is 0. The van der Waals surface area contributed by atoms with Crippen molar-refractivity contribution >= 4 is 29.2 Å². The summed E-state index contributed by atoms with van der Waals surface area (Å²) in [5.41, 5.74) is 0.131. The molecular weight excluding hydrogens is 426 g/mol. The van der Waals surface area contributed by atoms with E-state index >= 15 is 0 Å². The Balaban J connectivity index is 1.70. The summed E-state index contributed by atoms with van der Waals surface area (Å²) in [6.45, 7) is 1.30. The molecule has 0 bridgehead atoms. The number of nitrogens with zero attached hydrogens (tertiary/aromatic N) is 3. The van der Waals surface area contributed by atoms with Gasteiger partial charge in [0, 0.05) is 23.3 Å². The van der Waals surface area contributed by atoms with Crippen molar-refractivity contribution in [3.63, 3.8) is 0 Å². The van der Waals surface area contributed by atoms with Crippen molar-refractivity contribution < 1.29 is 24.1 Å². The number of ketones is 1. The van der Waals surface area contributed by atoms with Gasteiger partial charge >= 0.3 is 0 Å². The highest BCUT2D eigenvalue weighted by Crippen LogP contribution is 2.39. The largest absolute Gasteiger partial charge is 0.292 e. The Morgan fingerprint density at radius 3 is 2.30 bits per heavy atom. The zero-order valence-electron chi connectivity index (χ0n) is 17.8. The highest BCUT2D eigenvalue weighted by Gasteiger charge is 2.53. The van der Waals surface area contributed by atoms with E-state index in [1.165, 1.54) is 12.1 Å². The number of hydrazine groups is 1. The Hall–Kier alpha value is -4.14. The van der Waals surface area contributed by atoms with Gasteiger partial charge in [0.15, 0.2) is 5.78 Å². The molecule has 1 saturated heterocycles. The maximum absolute atomic E-state index is 13.4. The highest BCUT2D eigenvalue weighted by molar-refractivity contribution is 6.09. The molecule has 0 aromatic heterocycles. The number of amides is 3. The molecule has 0 spiro atoms. The minimum absolute atomic E-state index is 0.0168. The van der Waals surface area contributed by atoms with Crippen molar-refractivity contribution in [3.8, 4) is 0 Å². The molecule has 168 valence electrons. The molecule has 2 aromatic rings. The van der Waals surface area contributed by atoms with Crippen LogP contribution in [0.25, 0.3) is 0 Å². The fourth-order valence-corrected chi connectivity index (χ4v) is 4.33. The van der Waals surface area contributed by atoms with Crippen molar-refractivity contribution in [2.24, 2.45) is 17.8 Å². The maximum atomic E-state index is 13.4. The van der Waals surface area contributed by atoms with E-state index in [2.05, 4.69) is 0 Å². The van der Waals surface area contributed by atoms with Gasteiger partial charge in [-0.05, 0) is 24.5 Å². The number of hydrogen-bond acceptors (Lipinski definition) is 6. The molecule has 3 amide bonds. The van der Waals surface area contributed by atoms with Crippen LogP contribution < -0.4 is 0 Å². The lowest BCUT2D eigenvalue weighted by molar-refractivity contribution is -0.384. The second-order valence-electron chi connectivity index (χ2n) is 8.10. The van der Waals surface area contributed by atoms with Crippen molar-refractivity contribution in [3.05, 3.63) is 88.0 Å². The van der Waals surface area contributed by atoms with Crippen LogP contribution in [-0.2, 0) is 9.59 Å². The normalized spacial score (nSPS) is 21.6. The molecule has 2 aliphatic rings. The standard InChI is InChI=1S/C24H21N3O6/c1-15-6-5-9-19-21(15)24(31)26(23(19)30)25(14-20(28)16-7-3-2-4-8-16)22(29)17-10-12-18(13-11-17)27(32)33/h2-8,10-13,15,19,21H,9,14H2,1H3/t15-,19+,21-/m1/s1. The average molecular weight is 447 g/mol. The third-order valence-electron chi connectivity index (χ3n) is 6.04. The molecule has 3 atom stereocenters. The number of benzene rings is 2. The Bertz CT molecular complexity index is 1160.